The summed E-state index contributed by atoms with van der Waals surface area (Å²) in [5.74, 6) is 1.98. The highest BCUT2D eigenvalue weighted by molar-refractivity contribution is 5.77. The summed E-state index contributed by atoms with van der Waals surface area (Å²) in [4.78, 5) is 21.4. The number of hydrogen-bond donors (Lipinski definition) is 1. The number of aryl methyl sites for hydroxylation is 2. The van der Waals surface area contributed by atoms with Gasteiger partial charge in [-0.1, -0.05) is 59.9 Å². The first-order chi connectivity index (χ1) is 13.6. The zero-order valence-corrected chi connectivity index (χ0v) is 15.9. The lowest BCUT2D eigenvalue weighted by Crippen LogP contribution is -2.48. The number of aromatic nitrogens is 4. The van der Waals surface area contributed by atoms with Gasteiger partial charge in [0.25, 0.3) is 0 Å². The number of carbonyl (C=O) groups excluding carboxylic acids is 1. The molecule has 0 bridgehead atoms. The van der Waals surface area contributed by atoms with Crippen molar-refractivity contribution >= 4 is 5.91 Å². The highest BCUT2D eigenvalue weighted by Gasteiger charge is 2.39. The second-order valence-electron chi connectivity index (χ2n) is 7.21. The van der Waals surface area contributed by atoms with Crippen LogP contribution in [0.4, 0.5) is 0 Å². The highest BCUT2D eigenvalue weighted by atomic mass is 16.5. The van der Waals surface area contributed by atoms with E-state index in [1.807, 2.05) is 30.3 Å². The van der Waals surface area contributed by atoms with E-state index < -0.39 is 5.54 Å². The highest BCUT2D eigenvalue weighted by Crippen LogP contribution is 2.35. The fraction of sp³-hybridized carbons (Fsp3) is 0.450. The summed E-state index contributed by atoms with van der Waals surface area (Å²) in [6, 6.07) is 9.60. The molecule has 2 heterocycles. The van der Waals surface area contributed by atoms with Crippen LogP contribution in [0.5, 0.6) is 0 Å². The Morgan fingerprint density at radius 3 is 2.57 bits per heavy atom. The van der Waals surface area contributed by atoms with Crippen molar-refractivity contribution in [2.24, 2.45) is 0 Å². The first-order valence-corrected chi connectivity index (χ1v) is 9.64. The standard InChI is InChI=1S/C20H23N5O3/c1-14-21-19(25-27-14)20(12-6-3-7-13-20)23-16(26)10-11-17-22-18(24-28-17)15-8-4-2-5-9-15/h2,4-5,8-9H,3,6-7,10-13H2,1H3,(H,23,26). The zero-order chi connectivity index (χ0) is 19.4. The van der Waals surface area contributed by atoms with Crippen molar-refractivity contribution < 1.29 is 13.8 Å². The Hall–Kier alpha value is -3.03. The third kappa shape index (κ3) is 3.95. The lowest BCUT2D eigenvalue weighted by atomic mass is 9.81. The summed E-state index contributed by atoms with van der Waals surface area (Å²) in [7, 11) is 0. The number of rotatable bonds is 6. The second kappa shape index (κ2) is 7.92. The van der Waals surface area contributed by atoms with Gasteiger partial charge in [0.2, 0.25) is 23.5 Å². The molecule has 146 valence electrons. The topological polar surface area (TPSA) is 107 Å². The van der Waals surface area contributed by atoms with Crippen LogP contribution in [0.3, 0.4) is 0 Å². The van der Waals surface area contributed by atoms with E-state index in [2.05, 4.69) is 25.6 Å². The Morgan fingerprint density at radius 1 is 1.07 bits per heavy atom. The molecule has 1 amide bonds. The average Bonchev–Trinajstić information content (AvgIpc) is 3.37. The zero-order valence-electron chi connectivity index (χ0n) is 15.9. The van der Waals surface area contributed by atoms with E-state index in [-0.39, 0.29) is 12.3 Å². The number of carbonyl (C=O) groups is 1. The van der Waals surface area contributed by atoms with Crippen molar-refractivity contribution in [2.75, 3.05) is 0 Å². The molecule has 4 rings (SSSR count). The van der Waals surface area contributed by atoms with Crippen LogP contribution in [0.15, 0.2) is 39.4 Å². The smallest absolute Gasteiger partial charge is 0.227 e. The van der Waals surface area contributed by atoms with Crippen molar-refractivity contribution in [1.29, 1.82) is 0 Å². The fourth-order valence-electron chi connectivity index (χ4n) is 3.66. The predicted octanol–water partition coefficient (Wildman–Crippen LogP) is 3.34. The summed E-state index contributed by atoms with van der Waals surface area (Å²) in [5.41, 5.74) is 0.340. The van der Waals surface area contributed by atoms with Gasteiger partial charge in [0.15, 0.2) is 5.82 Å². The minimum absolute atomic E-state index is 0.0798. The molecule has 1 aromatic carbocycles. The van der Waals surface area contributed by atoms with Gasteiger partial charge in [-0.25, -0.2) is 0 Å². The van der Waals surface area contributed by atoms with E-state index in [1.54, 1.807) is 6.92 Å². The maximum absolute atomic E-state index is 12.7. The molecule has 8 heteroatoms. The van der Waals surface area contributed by atoms with E-state index in [0.29, 0.717) is 29.9 Å². The third-order valence-electron chi connectivity index (χ3n) is 5.11. The minimum atomic E-state index is -0.545. The molecule has 1 fully saturated rings. The van der Waals surface area contributed by atoms with E-state index >= 15 is 0 Å². The van der Waals surface area contributed by atoms with Gasteiger partial charge in [-0.15, -0.1) is 0 Å². The molecule has 0 atom stereocenters. The number of amides is 1. The van der Waals surface area contributed by atoms with Crippen molar-refractivity contribution in [3.63, 3.8) is 0 Å². The van der Waals surface area contributed by atoms with Gasteiger partial charge >= 0.3 is 0 Å². The number of nitrogens with one attached hydrogen (secondary N) is 1. The summed E-state index contributed by atoms with van der Waals surface area (Å²) >= 11 is 0. The predicted molar refractivity (Wildman–Crippen MR) is 100.0 cm³/mol. The maximum Gasteiger partial charge on any atom is 0.227 e. The van der Waals surface area contributed by atoms with Gasteiger partial charge in [0.1, 0.15) is 5.54 Å². The molecule has 0 saturated heterocycles. The number of benzene rings is 1. The molecule has 28 heavy (non-hydrogen) atoms. The summed E-state index contributed by atoms with van der Waals surface area (Å²) in [5, 5.41) is 11.2. The van der Waals surface area contributed by atoms with Crippen molar-refractivity contribution in [1.82, 2.24) is 25.6 Å². The van der Waals surface area contributed by atoms with Crippen LogP contribution < -0.4 is 5.32 Å². The molecule has 1 saturated carbocycles. The van der Waals surface area contributed by atoms with Crippen molar-refractivity contribution in [3.8, 4) is 11.4 Å². The lowest BCUT2D eigenvalue weighted by molar-refractivity contribution is -0.123. The minimum Gasteiger partial charge on any atom is -0.343 e. The summed E-state index contributed by atoms with van der Waals surface area (Å²) in [6.45, 7) is 1.76. The molecule has 8 nitrogen and oxygen atoms in total. The fourth-order valence-corrected chi connectivity index (χ4v) is 3.66. The Labute approximate surface area is 162 Å². The quantitative estimate of drug-likeness (QED) is 0.698. The lowest BCUT2D eigenvalue weighted by Gasteiger charge is -2.35. The molecule has 1 aliphatic carbocycles. The monoisotopic (exact) mass is 381 g/mol. The normalized spacial score (nSPS) is 16.0. The van der Waals surface area contributed by atoms with E-state index in [1.165, 1.54) is 0 Å². The Bertz CT molecular complexity index is 928. The molecule has 1 aliphatic rings. The molecule has 2 aromatic heterocycles. The van der Waals surface area contributed by atoms with Gasteiger partial charge in [-0.05, 0) is 12.8 Å². The average molecular weight is 381 g/mol. The Balaban J connectivity index is 1.40. The number of nitrogens with zero attached hydrogens (tertiary/aromatic N) is 4. The molecule has 3 aromatic rings. The van der Waals surface area contributed by atoms with E-state index in [0.717, 1.165) is 37.7 Å². The van der Waals surface area contributed by atoms with E-state index in [4.69, 9.17) is 9.05 Å². The van der Waals surface area contributed by atoms with Gasteiger partial charge in [0, 0.05) is 25.3 Å². The molecule has 1 N–H and O–H groups in total. The second-order valence-corrected chi connectivity index (χ2v) is 7.21. The third-order valence-corrected chi connectivity index (χ3v) is 5.11. The maximum atomic E-state index is 12.7. The van der Waals surface area contributed by atoms with Gasteiger partial charge in [-0.2, -0.15) is 9.97 Å². The van der Waals surface area contributed by atoms with Crippen LogP contribution in [0.25, 0.3) is 11.4 Å². The molecule has 0 radical (unpaired) electrons. The van der Waals surface area contributed by atoms with Crippen LogP contribution in [-0.2, 0) is 16.8 Å². The SMILES string of the molecule is Cc1nc(C2(NC(=O)CCc3nc(-c4ccccc4)no3)CCCCC2)no1. The van der Waals surface area contributed by atoms with Gasteiger partial charge < -0.3 is 14.4 Å². The summed E-state index contributed by atoms with van der Waals surface area (Å²) < 4.78 is 10.4. The first-order valence-electron chi connectivity index (χ1n) is 9.64. The molecule has 0 aliphatic heterocycles. The van der Waals surface area contributed by atoms with Crippen LogP contribution in [0.2, 0.25) is 0 Å². The Morgan fingerprint density at radius 2 is 1.86 bits per heavy atom. The summed E-state index contributed by atoms with van der Waals surface area (Å²) in [6.07, 6.45) is 5.48. The Kier molecular flexibility index (Phi) is 5.18. The number of hydrogen-bond acceptors (Lipinski definition) is 7. The first kappa shape index (κ1) is 18.3. The van der Waals surface area contributed by atoms with Crippen LogP contribution in [0.1, 0.15) is 56.1 Å². The molecular formula is C20H23N5O3. The molecule has 0 unspecified atom stereocenters. The van der Waals surface area contributed by atoms with Crippen molar-refractivity contribution in [2.45, 2.75) is 57.4 Å². The van der Waals surface area contributed by atoms with Crippen LogP contribution >= 0.6 is 0 Å². The van der Waals surface area contributed by atoms with E-state index in [9.17, 15) is 4.79 Å². The largest absolute Gasteiger partial charge is 0.343 e. The van der Waals surface area contributed by atoms with Crippen LogP contribution in [-0.4, -0.2) is 26.2 Å². The molecule has 0 spiro atoms. The van der Waals surface area contributed by atoms with Gasteiger partial charge in [0.05, 0.1) is 0 Å². The molecular weight excluding hydrogens is 358 g/mol. The van der Waals surface area contributed by atoms with Gasteiger partial charge in [-0.3, -0.25) is 4.79 Å². The van der Waals surface area contributed by atoms with Crippen LogP contribution in [0, 0.1) is 6.92 Å². The van der Waals surface area contributed by atoms with Crippen molar-refractivity contribution in [3.05, 3.63) is 47.9 Å².